The van der Waals surface area contributed by atoms with Gasteiger partial charge in [0.1, 0.15) is 5.82 Å². The molecule has 1 aromatic heterocycles. The highest BCUT2D eigenvalue weighted by atomic mass is 35.5. The lowest BCUT2D eigenvalue weighted by Gasteiger charge is -2.36. The van der Waals surface area contributed by atoms with Gasteiger partial charge in [0.05, 0.1) is 33.2 Å². The summed E-state index contributed by atoms with van der Waals surface area (Å²) in [7, 11) is 0. The van der Waals surface area contributed by atoms with Crippen molar-refractivity contribution in [1.29, 1.82) is 0 Å². The lowest BCUT2D eigenvalue weighted by Crippen LogP contribution is -2.36. The molecule has 3 aliphatic heterocycles. The van der Waals surface area contributed by atoms with Crippen LogP contribution in [0, 0.1) is 0 Å². The molecule has 4 heterocycles. The number of nitrogens with one attached hydrogen (secondary N) is 2. The zero-order valence-corrected chi connectivity index (χ0v) is 18.2. The monoisotopic (exact) mass is 451 g/mol. The summed E-state index contributed by atoms with van der Waals surface area (Å²) < 4.78 is 18.5. The normalized spacial score (nSPS) is 24.8. The van der Waals surface area contributed by atoms with E-state index >= 15 is 0 Å². The first-order valence-electron chi connectivity index (χ1n) is 9.81. The molecule has 1 fully saturated rings. The van der Waals surface area contributed by atoms with Crippen LogP contribution in [0.25, 0.3) is 0 Å². The molecule has 160 valence electrons. The van der Waals surface area contributed by atoms with Crippen molar-refractivity contribution in [3.8, 4) is 11.5 Å². The van der Waals surface area contributed by atoms with Crippen LogP contribution in [0.15, 0.2) is 16.9 Å². The van der Waals surface area contributed by atoms with Gasteiger partial charge in [-0.15, -0.1) is 11.8 Å². The van der Waals surface area contributed by atoms with E-state index in [1.54, 1.807) is 6.07 Å². The van der Waals surface area contributed by atoms with E-state index in [2.05, 4.69) is 10.4 Å². The molecule has 1 amide bonds. The van der Waals surface area contributed by atoms with Crippen LogP contribution in [0.3, 0.4) is 0 Å². The van der Waals surface area contributed by atoms with Gasteiger partial charge in [0.15, 0.2) is 11.5 Å². The van der Waals surface area contributed by atoms with E-state index in [0.717, 1.165) is 18.4 Å². The number of rotatable bonds is 2. The third kappa shape index (κ3) is 3.38. The first kappa shape index (κ1) is 19.8. The number of benzene rings is 1. The zero-order valence-electron chi connectivity index (χ0n) is 16.6. The van der Waals surface area contributed by atoms with Crippen LogP contribution in [-0.2, 0) is 9.53 Å². The van der Waals surface area contributed by atoms with Crippen molar-refractivity contribution in [2.45, 2.75) is 43.6 Å². The summed E-state index contributed by atoms with van der Waals surface area (Å²) in [6.07, 6.45) is 1.48. The molecular formula is C20H22ClN3O5S. The molecule has 2 N–H and O–H groups in total. The third-order valence-corrected chi connectivity index (χ3v) is 7.20. The lowest BCUT2D eigenvalue weighted by molar-refractivity contribution is -0.113. The molecule has 0 spiro atoms. The van der Waals surface area contributed by atoms with Gasteiger partial charge < -0.3 is 19.5 Å². The van der Waals surface area contributed by atoms with Crippen LogP contribution in [0.1, 0.15) is 49.1 Å². The Hall–Kier alpha value is -2.10. The Labute approximate surface area is 182 Å². The average Bonchev–Trinajstić information content (AvgIpc) is 3.22. The Balaban J connectivity index is 1.61. The molecule has 10 heteroatoms. The molecule has 0 bridgehead atoms. The van der Waals surface area contributed by atoms with Crippen LogP contribution >= 0.6 is 23.4 Å². The number of fused-ring (bicyclic) bond motifs is 2. The topological polar surface area (TPSA) is 94.6 Å². The van der Waals surface area contributed by atoms with Gasteiger partial charge in [0.25, 0.3) is 5.56 Å². The maximum Gasteiger partial charge on any atom is 0.270 e. The molecule has 0 aliphatic carbocycles. The first-order valence-corrected chi connectivity index (χ1v) is 11.2. The summed E-state index contributed by atoms with van der Waals surface area (Å²) >= 11 is 7.78. The fourth-order valence-electron chi connectivity index (χ4n) is 4.34. The van der Waals surface area contributed by atoms with Crippen molar-refractivity contribution in [3.05, 3.63) is 38.6 Å². The molecule has 1 saturated heterocycles. The highest BCUT2D eigenvalue weighted by molar-refractivity contribution is 8.00. The van der Waals surface area contributed by atoms with Gasteiger partial charge in [0.2, 0.25) is 12.7 Å². The SMILES string of the molecule is CC1(C)C[C@H](n2[nH]c(=O)c3c2NC(=O)CS[C@@H]3c2cc(Cl)c3c(c2)OCO3)CCO1. The summed E-state index contributed by atoms with van der Waals surface area (Å²) in [5.41, 5.74) is 0.792. The minimum atomic E-state index is -0.371. The number of H-pyrrole nitrogens is 1. The Morgan fingerprint density at radius 3 is 2.90 bits per heavy atom. The van der Waals surface area contributed by atoms with Crippen molar-refractivity contribution in [3.63, 3.8) is 0 Å². The van der Waals surface area contributed by atoms with Crippen molar-refractivity contribution < 1.29 is 19.0 Å². The number of carbonyl (C=O) groups excluding carboxylic acids is 1. The van der Waals surface area contributed by atoms with Gasteiger partial charge in [-0.1, -0.05) is 11.6 Å². The lowest BCUT2D eigenvalue weighted by atomic mass is 9.94. The van der Waals surface area contributed by atoms with E-state index in [0.29, 0.717) is 34.5 Å². The highest BCUT2D eigenvalue weighted by Gasteiger charge is 2.36. The number of thioether (sulfide) groups is 1. The number of ether oxygens (including phenoxy) is 3. The van der Waals surface area contributed by atoms with Crippen molar-refractivity contribution >= 4 is 35.1 Å². The van der Waals surface area contributed by atoms with E-state index in [-0.39, 0.29) is 40.9 Å². The number of hydrogen-bond donors (Lipinski definition) is 2. The maximum absolute atomic E-state index is 13.1. The number of hydrogen-bond acceptors (Lipinski definition) is 6. The number of nitrogens with zero attached hydrogens (tertiary/aromatic N) is 1. The number of halogens is 1. The van der Waals surface area contributed by atoms with Crippen LogP contribution in [0.5, 0.6) is 11.5 Å². The largest absolute Gasteiger partial charge is 0.454 e. The summed E-state index contributed by atoms with van der Waals surface area (Å²) in [5.74, 6) is 1.66. The summed E-state index contributed by atoms with van der Waals surface area (Å²) in [4.78, 5) is 25.6. The number of aromatic amines is 1. The fourth-order valence-corrected chi connectivity index (χ4v) is 5.72. The van der Waals surface area contributed by atoms with Crippen LogP contribution in [-0.4, -0.2) is 40.4 Å². The minimum absolute atomic E-state index is 0.0228. The van der Waals surface area contributed by atoms with Crippen molar-refractivity contribution in [1.82, 2.24) is 9.78 Å². The predicted molar refractivity (Wildman–Crippen MR) is 114 cm³/mol. The standard InChI is InChI=1S/C20H22ClN3O5S/c1-20(2)7-11(3-4-29-20)24-18-15(19(26)23-24)17(30-8-14(25)22-18)10-5-12(21)16-13(6-10)27-9-28-16/h5-6,11,17H,3-4,7-9H2,1-2H3,(H,22,25)(H,23,26)/t11-,17-/m1/s1. The number of aromatic nitrogens is 2. The van der Waals surface area contributed by atoms with E-state index in [9.17, 15) is 9.59 Å². The molecule has 2 aromatic rings. The molecule has 30 heavy (non-hydrogen) atoms. The summed E-state index contributed by atoms with van der Waals surface area (Å²) in [6.45, 7) is 4.77. The third-order valence-electron chi connectivity index (χ3n) is 5.65. The summed E-state index contributed by atoms with van der Waals surface area (Å²) in [6, 6.07) is 3.63. The second-order valence-corrected chi connectivity index (χ2v) is 9.80. The van der Waals surface area contributed by atoms with E-state index in [4.69, 9.17) is 25.8 Å². The number of anilines is 1. The second kappa shape index (κ2) is 7.25. The molecule has 8 nitrogen and oxygen atoms in total. The van der Waals surface area contributed by atoms with Gasteiger partial charge in [-0.3, -0.25) is 19.4 Å². The highest BCUT2D eigenvalue weighted by Crippen LogP contribution is 2.47. The predicted octanol–water partition coefficient (Wildman–Crippen LogP) is 3.46. The number of amides is 1. The molecule has 3 aliphatic rings. The molecule has 0 unspecified atom stereocenters. The second-order valence-electron chi connectivity index (χ2n) is 8.30. The van der Waals surface area contributed by atoms with Gasteiger partial charge >= 0.3 is 0 Å². The smallest absolute Gasteiger partial charge is 0.270 e. The Bertz CT molecular complexity index is 1080. The maximum atomic E-state index is 13.1. The van der Waals surface area contributed by atoms with Crippen molar-refractivity contribution in [2.24, 2.45) is 0 Å². The van der Waals surface area contributed by atoms with E-state index in [1.807, 2.05) is 24.6 Å². The van der Waals surface area contributed by atoms with Crippen LogP contribution in [0.2, 0.25) is 5.02 Å². The average molecular weight is 452 g/mol. The molecular weight excluding hydrogens is 430 g/mol. The van der Waals surface area contributed by atoms with Gasteiger partial charge in [-0.05, 0) is 44.4 Å². The van der Waals surface area contributed by atoms with E-state index < -0.39 is 0 Å². The molecule has 0 radical (unpaired) electrons. The number of carbonyl (C=O) groups is 1. The quantitative estimate of drug-likeness (QED) is 0.726. The zero-order chi connectivity index (χ0) is 21.0. The molecule has 5 rings (SSSR count). The van der Waals surface area contributed by atoms with Crippen molar-refractivity contribution in [2.75, 3.05) is 24.5 Å². The van der Waals surface area contributed by atoms with Crippen LogP contribution < -0.4 is 20.3 Å². The Kier molecular flexibility index (Phi) is 4.79. The Morgan fingerprint density at radius 1 is 1.27 bits per heavy atom. The molecule has 2 atom stereocenters. The van der Waals surface area contributed by atoms with Gasteiger partial charge in [0, 0.05) is 6.61 Å². The minimum Gasteiger partial charge on any atom is -0.454 e. The van der Waals surface area contributed by atoms with E-state index in [1.165, 1.54) is 11.8 Å². The van der Waals surface area contributed by atoms with Crippen LogP contribution in [0.4, 0.5) is 5.82 Å². The summed E-state index contributed by atoms with van der Waals surface area (Å²) in [5, 5.41) is 5.96. The fraction of sp³-hybridized carbons (Fsp3) is 0.500. The molecule has 0 saturated carbocycles. The molecule has 1 aromatic carbocycles. The van der Waals surface area contributed by atoms with Gasteiger partial charge in [-0.25, -0.2) is 0 Å². The Morgan fingerprint density at radius 2 is 2.10 bits per heavy atom. The van der Waals surface area contributed by atoms with Gasteiger partial charge in [-0.2, -0.15) is 0 Å². The first-order chi connectivity index (χ1) is 14.3.